The summed E-state index contributed by atoms with van der Waals surface area (Å²) in [5.41, 5.74) is 1.65. The highest BCUT2D eigenvalue weighted by molar-refractivity contribution is 6.42. The first-order chi connectivity index (χ1) is 7.66. The lowest BCUT2D eigenvalue weighted by atomic mass is 10.2. The number of nitrogens with zero attached hydrogens (tertiary/aromatic N) is 3. The Balaban J connectivity index is 2.20. The van der Waals surface area contributed by atoms with E-state index in [-0.39, 0.29) is 0 Å². The second-order valence-electron chi connectivity index (χ2n) is 3.21. The van der Waals surface area contributed by atoms with Crippen LogP contribution in [0, 0.1) is 5.21 Å². The maximum atomic E-state index is 11.4. The Bertz CT molecular complexity index is 530. The molecule has 0 spiro atoms. The average Bonchev–Trinajstić information content (AvgIpc) is 2.63. The molecule has 0 unspecified atom stereocenters. The third-order valence-electron chi connectivity index (χ3n) is 2.25. The number of benzene rings is 1. The normalized spacial score (nSPS) is 17.9. The molecule has 0 fully saturated rings. The standard InChI is InChI=1S/C9H4Cl2N3O2/c10-6-1-8-9(2-7(6)11)13-5(3-12-8)4-16-14(13)15/h1-4H/q-1. The van der Waals surface area contributed by atoms with Crippen molar-refractivity contribution in [3.63, 3.8) is 0 Å². The van der Waals surface area contributed by atoms with Gasteiger partial charge >= 0.3 is 0 Å². The SMILES string of the molecule is [O-]N1OC=C2C=Nc3cc(Cl)c(Cl)cc3N21. The molecule has 0 radical (unpaired) electrons. The van der Waals surface area contributed by atoms with E-state index < -0.39 is 0 Å². The van der Waals surface area contributed by atoms with Gasteiger partial charge in [0.05, 0.1) is 27.6 Å². The summed E-state index contributed by atoms with van der Waals surface area (Å²) >= 11 is 11.8. The van der Waals surface area contributed by atoms with Crippen LogP contribution >= 0.6 is 23.2 Å². The highest BCUT2D eigenvalue weighted by Gasteiger charge is 2.26. The number of hydrazine groups is 1. The van der Waals surface area contributed by atoms with Gasteiger partial charge in [-0.1, -0.05) is 23.2 Å². The van der Waals surface area contributed by atoms with Gasteiger partial charge in [-0.3, -0.25) is 4.99 Å². The van der Waals surface area contributed by atoms with E-state index in [0.29, 0.717) is 32.5 Å². The minimum atomic E-state index is 0.351. The third kappa shape index (κ3) is 1.30. The molecule has 7 heteroatoms. The van der Waals surface area contributed by atoms with E-state index in [9.17, 15) is 5.21 Å². The van der Waals surface area contributed by atoms with Crippen LogP contribution in [0.25, 0.3) is 0 Å². The van der Waals surface area contributed by atoms with E-state index in [2.05, 4.69) is 4.99 Å². The van der Waals surface area contributed by atoms with E-state index in [0.717, 1.165) is 0 Å². The molecule has 1 aromatic carbocycles. The van der Waals surface area contributed by atoms with Crippen LogP contribution in [0.15, 0.2) is 29.1 Å². The zero-order valence-electron chi connectivity index (χ0n) is 7.72. The van der Waals surface area contributed by atoms with Gasteiger partial charge in [-0.25, -0.2) is 5.01 Å². The highest BCUT2D eigenvalue weighted by Crippen LogP contribution is 2.41. The van der Waals surface area contributed by atoms with E-state index in [1.807, 2.05) is 0 Å². The molecule has 16 heavy (non-hydrogen) atoms. The molecule has 2 aliphatic rings. The van der Waals surface area contributed by atoms with Gasteiger partial charge in [0.15, 0.2) is 0 Å². The largest absolute Gasteiger partial charge is 0.733 e. The minimum absolute atomic E-state index is 0.351. The number of halogens is 2. The summed E-state index contributed by atoms with van der Waals surface area (Å²) in [6.07, 6.45) is 2.83. The summed E-state index contributed by atoms with van der Waals surface area (Å²) < 4.78 is 0. The predicted molar refractivity (Wildman–Crippen MR) is 61.5 cm³/mol. The first kappa shape index (κ1) is 9.92. The van der Waals surface area contributed by atoms with Gasteiger partial charge in [0, 0.05) is 0 Å². The first-order valence-electron chi connectivity index (χ1n) is 4.34. The third-order valence-corrected chi connectivity index (χ3v) is 2.98. The molecule has 82 valence electrons. The van der Waals surface area contributed by atoms with Crippen molar-refractivity contribution in [1.82, 2.24) is 5.34 Å². The number of aliphatic imine (C=N–C) groups is 1. The zero-order valence-corrected chi connectivity index (χ0v) is 9.24. The fraction of sp³-hybridized carbons (Fsp3) is 0. The zero-order chi connectivity index (χ0) is 11.3. The smallest absolute Gasteiger partial charge is 0.139 e. The van der Waals surface area contributed by atoms with E-state index in [1.54, 1.807) is 12.1 Å². The predicted octanol–water partition coefficient (Wildman–Crippen LogP) is 3.02. The van der Waals surface area contributed by atoms with Gasteiger partial charge in [-0.15, -0.1) is 5.34 Å². The number of hydrogen-bond donors (Lipinski definition) is 0. The molecule has 2 heterocycles. The Hall–Kier alpha value is -1.27. The van der Waals surface area contributed by atoms with Crippen LogP contribution in [-0.2, 0) is 4.84 Å². The molecule has 2 aliphatic heterocycles. The van der Waals surface area contributed by atoms with Gasteiger partial charge in [-0.05, 0) is 12.1 Å². The lowest BCUT2D eigenvalue weighted by molar-refractivity contribution is -0.0373. The number of fused-ring (bicyclic) bond motifs is 3. The van der Waals surface area contributed by atoms with Crippen molar-refractivity contribution >= 4 is 40.8 Å². The van der Waals surface area contributed by atoms with Crippen LogP contribution in [0.5, 0.6) is 0 Å². The molecule has 0 aromatic heterocycles. The van der Waals surface area contributed by atoms with Gasteiger partial charge in [0.1, 0.15) is 12.0 Å². The van der Waals surface area contributed by atoms with Gasteiger partial charge in [0.25, 0.3) is 0 Å². The second-order valence-corrected chi connectivity index (χ2v) is 4.03. The lowest BCUT2D eigenvalue weighted by Crippen LogP contribution is -2.33. The Morgan fingerprint density at radius 2 is 2.00 bits per heavy atom. The summed E-state index contributed by atoms with van der Waals surface area (Å²) in [4.78, 5) is 8.85. The number of hydrogen-bond acceptors (Lipinski definition) is 5. The summed E-state index contributed by atoms with van der Waals surface area (Å²) in [6.45, 7) is 0. The van der Waals surface area contributed by atoms with Crippen LogP contribution in [-0.4, -0.2) is 11.6 Å². The van der Waals surface area contributed by atoms with Crippen LogP contribution in [0.3, 0.4) is 0 Å². The first-order valence-corrected chi connectivity index (χ1v) is 5.10. The van der Waals surface area contributed by atoms with E-state index in [4.69, 9.17) is 28.0 Å². The molecule has 0 N–H and O–H groups in total. The monoisotopic (exact) mass is 256 g/mol. The number of anilines is 1. The summed E-state index contributed by atoms with van der Waals surface area (Å²) in [5.74, 6) is 0. The minimum Gasteiger partial charge on any atom is -0.733 e. The lowest BCUT2D eigenvalue weighted by Gasteiger charge is -2.34. The topological polar surface area (TPSA) is 51.1 Å². The van der Waals surface area contributed by atoms with Crippen molar-refractivity contribution in [2.75, 3.05) is 5.01 Å². The molecule has 0 atom stereocenters. The van der Waals surface area contributed by atoms with Crippen molar-refractivity contribution in [3.8, 4) is 0 Å². The maximum Gasteiger partial charge on any atom is 0.139 e. The van der Waals surface area contributed by atoms with Crippen molar-refractivity contribution < 1.29 is 4.84 Å². The summed E-state index contributed by atoms with van der Waals surface area (Å²) in [6, 6.07) is 3.17. The van der Waals surface area contributed by atoms with Crippen molar-refractivity contribution in [1.29, 1.82) is 0 Å². The Morgan fingerprint density at radius 1 is 1.25 bits per heavy atom. The average molecular weight is 257 g/mol. The van der Waals surface area contributed by atoms with Crippen LogP contribution < -0.4 is 5.01 Å². The molecular weight excluding hydrogens is 253 g/mol. The number of rotatable bonds is 0. The van der Waals surface area contributed by atoms with E-state index in [1.165, 1.54) is 17.5 Å². The Morgan fingerprint density at radius 3 is 2.81 bits per heavy atom. The molecular formula is C9H4Cl2N3O2-. The Kier molecular flexibility index (Phi) is 2.08. The van der Waals surface area contributed by atoms with Gasteiger partial charge in [0.2, 0.25) is 0 Å². The second kappa shape index (κ2) is 3.36. The summed E-state index contributed by atoms with van der Waals surface area (Å²) in [7, 11) is 0. The molecule has 0 saturated carbocycles. The molecule has 0 bridgehead atoms. The number of allylic oxidation sites excluding steroid dienone is 1. The van der Waals surface area contributed by atoms with Crippen LogP contribution in [0.1, 0.15) is 0 Å². The summed E-state index contributed by atoms with van der Waals surface area (Å²) in [5, 5.41) is 13.8. The fourth-order valence-corrected chi connectivity index (χ4v) is 1.85. The van der Waals surface area contributed by atoms with Crippen molar-refractivity contribution in [2.45, 2.75) is 0 Å². The molecule has 5 nitrogen and oxygen atoms in total. The quantitative estimate of drug-likeness (QED) is 0.716. The molecule has 0 amide bonds. The van der Waals surface area contributed by atoms with Crippen LogP contribution in [0.2, 0.25) is 10.0 Å². The maximum absolute atomic E-state index is 11.4. The molecule has 0 aliphatic carbocycles. The van der Waals surface area contributed by atoms with Gasteiger partial charge in [-0.2, -0.15) is 0 Å². The Labute approximate surface area is 101 Å². The van der Waals surface area contributed by atoms with E-state index >= 15 is 0 Å². The van der Waals surface area contributed by atoms with Gasteiger partial charge < -0.3 is 10.0 Å². The van der Waals surface area contributed by atoms with Crippen LogP contribution in [0.4, 0.5) is 11.4 Å². The fourth-order valence-electron chi connectivity index (χ4n) is 1.54. The molecule has 1 aromatic rings. The van der Waals surface area contributed by atoms with Crippen molar-refractivity contribution in [3.05, 3.63) is 39.3 Å². The molecule has 0 saturated heterocycles. The highest BCUT2D eigenvalue weighted by atomic mass is 35.5. The molecule has 3 rings (SSSR count). The van der Waals surface area contributed by atoms with Crippen molar-refractivity contribution in [2.24, 2.45) is 4.99 Å².